The summed E-state index contributed by atoms with van der Waals surface area (Å²) in [6.07, 6.45) is 0.714. The van der Waals surface area contributed by atoms with Gasteiger partial charge in [0.2, 0.25) is 0 Å². The molecule has 1 aromatic carbocycles. The molecule has 1 aliphatic rings. The van der Waals surface area contributed by atoms with Crippen LogP contribution >= 0.6 is 0 Å². The van der Waals surface area contributed by atoms with E-state index in [9.17, 15) is 5.11 Å². The van der Waals surface area contributed by atoms with Crippen molar-refractivity contribution in [3.05, 3.63) is 29.8 Å². The number of nitrogens with zero attached hydrogens (tertiary/aromatic N) is 1. The van der Waals surface area contributed by atoms with Crippen molar-refractivity contribution in [1.29, 1.82) is 0 Å². The summed E-state index contributed by atoms with van der Waals surface area (Å²) in [5, 5.41) is 9.40. The summed E-state index contributed by atoms with van der Waals surface area (Å²) in [5.74, 6) is 0.870. The lowest BCUT2D eigenvalue weighted by molar-refractivity contribution is 0.167. The van der Waals surface area contributed by atoms with E-state index in [1.54, 1.807) is 0 Å². The highest BCUT2D eigenvalue weighted by Gasteiger charge is 2.19. The zero-order valence-corrected chi connectivity index (χ0v) is 10.0. The number of ether oxygens (including phenoxy) is 1. The Balaban J connectivity index is 1.78. The highest BCUT2D eigenvalue weighted by molar-refractivity contribution is 5.32. The number of para-hydroxylation sites is 1. The second-order valence-electron chi connectivity index (χ2n) is 4.40. The van der Waals surface area contributed by atoms with Crippen molar-refractivity contribution < 1.29 is 9.84 Å². The smallest absolute Gasteiger partial charge is 0.123 e. The zero-order chi connectivity index (χ0) is 12.1. The Hall–Kier alpha value is -1.10. The van der Waals surface area contributed by atoms with Crippen molar-refractivity contribution in [1.82, 2.24) is 4.90 Å². The molecule has 1 heterocycles. The number of benzene rings is 1. The first-order valence-corrected chi connectivity index (χ1v) is 6.11. The number of nitrogens with two attached hydrogens (primary N) is 1. The fourth-order valence-electron chi connectivity index (χ4n) is 2.11. The molecule has 17 heavy (non-hydrogen) atoms. The molecular formula is C13H20N2O2. The number of aliphatic hydroxyl groups excluding tert-OH is 1. The Morgan fingerprint density at radius 2 is 2.24 bits per heavy atom. The molecule has 1 fully saturated rings. The molecule has 0 aliphatic carbocycles. The molecule has 3 N–H and O–H groups in total. The predicted molar refractivity (Wildman–Crippen MR) is 66.9 cm³/mol. The summed E-state index contributed by atoms with van der Waals surface area (Å²) in [6.45, 7) is 3.73. The van der Waals surface area contributed by atoms with Crippen LogP contribution in [0.4, 0.5) is 0 Å². The van der Waals surface area contributed by atoms with Gasteiger partial charge >= 0.3 is 0 Å². The standard InChI is InChI=1S/C13H20N2O2/c14-9-11-3-1-2-4-13(11)17-8-7-15-6-5-12(16)10-15/h1-4,12,16H,5-10,14H2. The minimum atomic E-state index is -0.161. The molecule has 4 heteroatoms. The fraction of sp³-hybridized carbons (Fsp3) is 0.538. The fourth-order valence-corrected chi connectivity index (χ4v) is 2.11. The molecule has 94 valence electrons. The number of hydrogen-bond acceptors (Lipinski definition) is 4. The van der Waals surface area contributed by atoms with Gasteiger partial charge in [0.1, 0.15) is 12.4 Å². The van der Waals surface area contributed by atoms with E-state index in [1.165, 1.54) is 0 Å². The highest BCUT2D eigenvalue weighted by Crippen LogP contribution is 2.17. The van der Waals surface area contributed by atoms with Crippen LogP contribution in [0, 0.1) is 0 Å². The van der Waals surface area contributed by atoms with Crippen LogP contribution in [0.1, 0.15) is 12.0 Å². The maximum Gasteiger partial charge on any atom is 0.123 e. The van der Waals surface area contributed by atoms with Crippen LogP contribution in [-0.4, -0.2) is 42.4 Å². The molecule has 0 spiro atoms. The van der Waals surface area contributed by atoms with E-state index >= 15 is 0 Å². The SMILES string of the molecule is NCc1ccccc1OCCN1CCC(O)C1. The van der Waals surface area contributed by atoms with E-state index in [0.717, 1.165) is 37.4 Å². The van der Waals surface area contributed by atoms with Crippen molar-refractivity contribution in [2.45, 2.75) is 19.1 Å². The Kier molecular flexibility index (Phi) is 4.36. The molecule has 1 aromatic rings. The minimum Gasteiger partial charge on any atom is -0.492 e. The first-order valence-electron chi connectivity index (χ1n) is 6.11. The lowest BCUT2D eigenvalue weighted by Crippen LogP contribution is -2.27. The molecule has 0 aromatic heterocycles. The lowest BCUT2D eigenvalue weighted by atomic mass is 10.2. The molecule has 4 nitrogen and oxygen atoms in total. The summed E-state index contributed by atoms with van der Waals surface area (Å²) >= 11 is 0. The molecule has 1 unspecified atom stereocenters. The van der Waals surface area contributed by atoms with E-state index in [1.807, 2.05) is 24.3 Å². The summed E-state index contributed by atoms with van der Waals surface area (Å²) in [7, 11) is 0. The highest BCUT2D eigenvalue weighted by atomic mass is 16.5. The first kappa shape index (κ1) is 12.4. The summed E-state index contributed by atoms with van der Waals surface area (Å²) in [5.41, 5.74) is 6.68. The molecule has 0 radical (unpaired) electrons. The van der Waals surface area contributed by atoms with Crippen molar-refractivity contribution in [3.8, 4) is 5.75 Å². The summed E-state index contributed by atoms with van der Waals surface area (Å²) < 4.78 is 5.72. The third kappa shape index (κ3) is 3.43. The van der Waals surface area contributed by atoms with Gasteiger partial charge in [-0.15, -0.1) is 0 Å². The van der Waals surface area contributed by atoms with E-state index in [0.29, 0.717) is 13.2 Å². The number of aliphatic hydroxyl groups is 1. The Bertz CT molecular complexity index is 357. The van der Waals surface area contributed by atoms with Gasteiger partial charge in [-0.05, 0) is 12.5 Å². The largest absolute Gasteiger partial charge is 0.492 e. The number of hydrogen-bond donors (Lipinski definition) is 2. The van der Waals surface area contributed by atoms with Gasteiger partial charge in [-0.3, -0.25) is 4.90 Å². The molecule has 0 saturated carbocycles. The topological polar surface area (TPSA) is 58.7 Å². The van der Waals surface area contributed by atoms with Gasteiger partial charge < -0.3 is 15.6 Å². The average molecular weight is 236 g/mol. The average Bonchev–Trinajstić information content (AvgIpc) is 2.76. The van der Waals surface area contributed by atoms with Crippen LogP contribution in [0.25, 0.3) is 0 Å². The van der Waals surface area contributed by atoms with Crippen molar-refractivity contribution >= 4 is 0 Å². The zero-order valence-electron chi connectivity index (χ0n) is 10.0. The monoisotopic (exact) mass is 236 g/mol. The number of rotatable bonds is 5. The van der Waals surface area contributed by atoms with Crippen molar-refractivity contribution in [3.63, 3.8) is 0 Å². The maximum absolute atomic E-state index is 9.40. The van der Waals surface area contributed by atoms with Crippen LogP contribution in [0.2, 0.25) is 0 Å². The molecule has 2 rings (SSSR count). The second-order valence-corrected chi connectivity index (χ2v) is 4.40. The van der Waals surface area contributed by atoms with Crippen LogP contribution in [-0.2, 0) is 6.54 Å². The Morgan fingerprint density at radius 1 is 1.41 bits per heavy atom. The van der Waals surface area contributed by atoms with E-state index in [2.05, 4.69) is 4.90 Å². The Labute approximate surface area is 102 Å². The van der Waals surface area contributed by atoms with Crippen LogP contribution in [0.15, 0.2) is 24.3 Å². The summed E-state index contributed by atoms with van der Waals surface area (Å²) in [4.78, 5) is 2.22. The Morgan fingerprint density at radius 3 is 2.94 bits per heavy atom. The molecule has 1 atom stereocenters. The molecule has 0 amide bonds. The molecule has 1 aliphatic heterocycles. The van der Waals surface area contributed by atoms with Crippen LogP contribution in [0.3, 0.4) is 0 Å². The predicted octanol–water partition coefficient (Wildman–Crippen LogP) is 0.591. The third-order valence-corrected chi connectivity index (χ3v) is 3.11. The molecule has 1 saturated heterocycles. The normalized spacial score (nSPS) is 20.7. The van der Waals surface area contributed by atoms with Gasteiger partial charge in [-0.2, -0.15) is 0 Å². The molecular weight excluding hydrogens is 216 g/mol. The van der Waals surface area contributed by atoms with Gasteiger partial charge in [-0.25, -0.2) is 0 Å². The molecule has 0 bridgehead atoms. The summed E-state index contributed by atoms with van der Waals surface area (Å²) in [6, 6.07) is 7.84. The second kappa shape index (κ2) is 6.00. The quantitative estimate of drug-likeness (QED) is 0.785. The third-order valence-electron chi connectivity index (χ3n) is 3.11. The van der Waals surface area contributed by atoms with Gasteiger partial charge in [0.05, 0.1) is 6.10 Å². The van der Waals surface area contributed by atoms with Gasteiger partial charge in [0.25, 0.3) is 0 Å². The van der Waals surface area contributed by atoms with Gasteiger partial charge in [-0.1, -0.05) is 18.2 Å². The number of β-amino-alcohol motifs (C(OH)–C–C–N with tert-alkyl or cyclic N) is 1. The number of likely N-dealkylation sites (tertiary alicyclic amines) is 1. The first-order chi connectivity index (χ1) is 8.29. The van der Waals surface area contributed by atoms with Crippen LogP contribution < -0.4 is 10.5 Å². The van der Waals surface area contributed by atoms with Crippen LogP contribution in [0.5, 0.6) is 5.75 Å². The minimum absolute atomic E-state index is 0.161. The van der Waals surface area contributed by atoms with E-state index < -0.39 is 0 Å². The van der Waals surface area contributed by atoms with E-state index in [-0.39, 0.29) is 6.10 Å². The van der Waals surface area contributed by atoms with E-state index in [4.69, 9.17) is 10.5 Å². The van der Waals surface area contributed by atoms with Crippen molar-refractivity contribution in [2.24, 2.45) is 5.73 Å². The van der Waals surface area contributed by atoms with Crippen molar-refractivity contribution in [2.75, 3.05) is 26.2 Å². The maximum atomic E-state index is 9.40. The van der Waals surface area contributed by atoms with Gasteiger partial charge in [0, 0.05) is 31.7 Å². The van der Waals surface area contributed by atoms with Gasteiger partial charge in [0.15, 0.2) is 0 Å². The lowest BCUT2D eigenvalue weighted by Gasteiger charge is -2.16.